The number of hydrogen-bond acceptors (Lipinski definition) is 7. The fraction of sp³-hybridized carbons (Fsp3) is 0.200. The molecule has 0 saturated carbocycles. The number of phenols is 1. The van der Waals surface area contributed by atoms with Crippen molar-refractivity contribution in [3.8, 4) is 17.1 Å². The van der Waals surface area contributed by atoms with Gasteiger partial charge in [0.15, 0.2) is 11.5 Å². The number of rotatable bonds is 7. The molecule has 34 heavy (non-hydrogen) atoms. The van der Waals surface area contributed by atoms with E-state index in [-0.39, 0.29) is 39.9 Å². The molecule has 0 aliphatic heterocycles. The van der Waals surface area contributed by atoms with Crippen LogP contribution in [0, 0.1) is 5.41 Å². The van der Waals surface area contributed by atoms with Gasteiger partial charge in [0.1, 0.15) is 5.76 Å². The Morgan fingerprint density at radius 3 is 2.68 bits per heavy atom. The van der Waals surface area contributed by atoms with Gasteiger partial charge < -0.3 is 25.4 Å². The maximum Gasteiger partial charge on any atom is 0.371 e. The number of carbonyl (C=O) groups excluding carboxylic acids is 1. The highest BCUT2D eigenvalue weighted by Gasteiger charge is 2.21. The van der Waals surface area contributed by atoms with E-state index in [0.29, 0.717) is 11.6 Å². The summed E-state index contributed by atoms with van der Waals surface area (Å²) >= 11 is 0. The third kappa shape index (κ3) is 4.54. The molecule has 1 amide bonds. The quantitative estimate of drug-likeness (QED) is 0.193. The second kappa shape index (κ2) is 9.22. The molecule has 1 aromatic heterocycles. The molecule has 5 N–H and O–H groups in total. The van der Waals surface area contributed by atoms with Gasteiger partial charge in [-0.05, 0) is 73.2 Å². The lowest BCUT2D eigenvalue weighted by Crippen LogP contribution is -2.29. The van der Waals surface area contributed by atoms with Crippen LogP contribution >= 0.6 is 0 Å². The summed E-state index contributed by atoms with van der Waals surface area (Å²) in [7, 11) is 0. The maximum atomic E-state index is 12.8. The molecule has 0 fully saturated rings. The van der Waals surface area contributed by atoms with Crippen molar-refractivity contribution in [1.82, 2.24) is 0 Å². The van der Waals surface area contributed by atoms with Gasteiger partial charge in [-0.25, -0.2) is 4.79 Å². The van der Waals surface area contributed by atoms with Crippen molar-refractivity contribution in [2.24, 2.45) is 5.10 Å². The zero-order chi connectivity index (χ0) is 24.4. The van der Waals surface area contributed by atoms with E-state index in [9.17, 15) is 14.7 Å². The van der Waals surface area contributed by atoms with Gasteiger partial charge in [0, 0.05) is 5.69 Å². The summed E-state index contributed by atoms with van der Waals surface area (Å²) < 4.78 is 5.25. The fourth-order valence-corrected chi connectivity index (χ4v) is 3.93. The number of nitrogens with zero attached hydrogens (tertiary/aromatic N) is 1. The SMILES string of the molecule is CC(=N)/C(=N/Nc1cccc(-c2ccc(C(=O)O)o2)c1O)C(=O)Nc1ccc2c(c1)C(C)CC2. The Labute approximate surface area is 195 Å². The molecule has 1 aliphatic rings. The Kier molecular flexibility index (Phi) is 6.18. The number of aromatic carboxylic acids is 1. The zero-order valence-corrected chi connectivity index (χ0v) is 18.7. The van der Waals surface area contributed by atoms with Crippen molar-refractivity contribution in [3.63, 3.8) is 0 Å². The molecule has 4 rings (SSSR count). The van der Waals surface area contributed by atoms with Crippen molar-refractivity contribution < 1.29 is 24.2 Å². The number of hydrazone groups is 1. The first-order valence-electron chi connectivity index (χ1n) is 10.7. The van der Waals surface area contributed by atoms with Gasteiger partial charge >= 0.3 is 5.97 Å². The minimum Gasteiger partial charge on any atom is -0.505 e. The van der Waals surface area contributed by atoms with Gasteiger partial charge in [-0.1, -0.05) is 19.1 Å². The number of aryl methyl sites for hydroxylation is 1. The Balaban J connectivity index is 1.55. The van der Waals surface area contributed by atoms with Crippen LogP contribution in [0.25, 0.3) is 11.3 Å². The number of para-hydroxylation sites is 1. The molecule has 1 atom stereocenters. The molecule has 174 valence electrons. The van der Waals surface area contributed by atoms with Crippen LogP contribution in [0.4, 0.5) is 11.4 Å². The van der Waals surface area contributed by atoms with Crippen LogP contribution in [0.5, 0.6) is 5.75 Å². The highest BCUT2D eigenvalue weighted by molar-refractivity contribution is 6.67. The van der Waals surface area contributed by atoms with Crippen LogP contribution in [-0.2, 0) is 11.2 Å². The highest BCUT2D eigenvalue weighted by atomic mass is 16.4. The van der Waals surface area contributed by atoms with E-state index in [2.05, 4.69) is 22.8 Å². The number of phenolic OH excluding ortho intramolecular Hbond substituents is 1. The summed E-state index contributed by atoms with van der Waals surface area (Å²) in [5, 5.41) is 34.5. The predicted octanol–water partition coefficient (Wildman–Crippen LogP) is 4.85. The number of benzene rings is 2. The summed E-state index contributed by atoms with van der Waals surface area (Å²) in [5.74, 6) is -1.69. The van der Waals surface area contributed by atoms with Crippen molar-refractivity contribution in [1.29, 1.82) is 5.41 Å². The van der Waals surface area contributed by atoms with E-state index in [4.69, 9.17) is 14.9 Å². The molecule has 1 heterocycles. The van der Waals surface area contributed by atoms with Gasteiger partial charge in [0.2, 0.25) is 5.76 Å². The monoisotopic (exact) mass is 460 g/mol. The summed E-state index contributed by atoms with van der Waals surface area (Å²) in [6.45, 7) is 3.60. The molecule has 3 aromatic rings. The van der Waals surface area contributed by atoms with E-state index in [0.717, 1.165) is 12.8 Å². The smallest absolute Gasteiger partial charge is 0.371 e. The van der Waals surface area contributed by atoms with Gasteiger partial charge in [-0.2, -0.15) is 5.10 Å². The molecule has 1 unspecified atom stereocenters. The van der Waals surface area contributed by atoms with E-state index < -0.39 is 11.9 Å². The maximum absolute atomic E-state index is 12.8. The average Bonchev–Trinajstić information content (AvgIpc) is 3.42. The summed E-state index contributed by atoms with van der Waals surface area (Å²) in [5.41, 5.74) is 5.95. The molecular formula is C25H24N4O5. The number of amides is 1. The lowest BCUT2D eigenvalue weighted by molar-refractivity contribution is -0.110. The number of hydrogen-bond donors (Lipinski definition) is 5. The first kappa shape index (κ1) is 22.8. The van der Waals surface area contributed by atoms with E-state index in [1.807, 2.05) is 18.2 Å². The summed E-state index contributed by atoms with van der Waals surface area (Å²) in [4.78, 5) is 23.9. The minimum atomic E-state index is -1.22. The van der Waals surface area contributed by atoms with E-state index >= 15 is 0 Å². The third-order valence-electron chi connectivity index (χ3n) is 5.76. The number of carbonyl (C=O) groups is 2. The number of furan rings is 1. The number of carboxylic acid groups (broad SMARTS) is 1. The van der Waals surface area contributed by atoms with Crippen LogP contribution in [0.1, 0.15) is 47.9 Å². The van der Waals surface area contributed by atoms with Gasteiger partial charge in [0.05, 0.1) is 17.0 Å². The Morgan fingerprint density at radius 1 is 1.18 bits per heavy atom. The molecule has 9 nitrogen and oxygen atoms in total. The minimum absolute atomic E-state index is 0.0627. The highest BCUT2D eigenvalue weighted by Crippen LogP contribution is 2.36. The predicted molar refractivity (Wildman–Crippen MR) is 129 cm³/mol. The molecule has 0 saturated heterocycles. The lowest BCUT2D eigenvalue weighted by Gasteiger charge is -2.12. The second-order valence-corrected chi connectivity index (χ2v) is 8.18. The topological polar surface area (TPSA) is 148 Å². The standard InChI is InChI=1S/C25H24N4O5/c1-13-6-7-15-8-9-16(12-18(13)15)27-24(31)22(14(2)26)29-28-19-5-3-4-17(23(19)30)20-10-11-21(34-20)25(32)33/h3-5,8-13,26,28,30H,6-7H2,1-2H3,(H,27,31)(H,32,33)/b26-14?,29-22-. The van der Waals surface area contributed by atoms with Gasteiger partial charge in [-0.3, -0.25) is 10.2 Å². The van der Waals surface area contributed by atoms with Crippen LogP contribution in [0.15, 0.2) is 58.0 Å². The van der Waals surface area contributed by atoms with Crippen molar-refractivity contribution in [2.45, 2.75) is 32.6 Å². The van der Waals surface area contributed by atoms with Crippen molar-refractivity contribution in [3.05, 3.63) is 65.4 Å². The number of nitrogens with one attached hydrogen (secondary N) is 3. The molecular weight excluding hydrogens is 436 g/mol. The Bertz CT molecular complexity index is 1320. The summed E-state index contributed by atoms with van der Waals surface area (Å²) in [6, 6.07) is 13.2. The molecule has 2 aromatic carbocycles. The summed E-state index contributed by atoms with van der Waals surface area (Å²) in [6.07, 6.45) is 2.11. The second-order valence-electron chi connectivity index (χ2n) is 8.18. The molecule has 0 radical (unpaired) electrons. The number of aromatic hydroxyl groups is 1. The molecule has 9 heteroatoms. The van der Waals surface area contributed by atoms with Gasteiger partial charge in [0.25, 0.3) is 5.91 Å². The van der Waals surface area contributed by atoms with Crippen LogP contribution < -0.4 is 10.7 Å². The van der Waals surface area contributed by atoms with Crippen molar-refractivity contribution >= 4 is 34.7 Å². The van der Waals surface area contributed by atoms with Crippen LogP contribution in [0.3, 0.4) is 0 Å². The normalized spacial score (nSPS) is 15.0. The lowest BCUT2D eigenvalue weighted by atomic mass is 10.0. The number of carboxylic acids is 1. The molecule has 0 spiro atoms. The van der Waals surface area contributed by atoms with Crippen LogP contribution in [0.2, 0.25) is 0 Å². The van der Waals surface area contributed by atoms with E-state index in [1.165, 1.54) is 36.2 Å². The first-order valence-corrected chi connectivity index (χ1v) is 10.7. The number of fused-ring (bicyclic) bond motifs is 1. The molecule has 0 bridgehead atoms. The Hall–Kier alpha value is -4.40. The zero-order valence-electron chi connectivity index (χ0n) is 18.7. The average molecular weight is 460 g/mol. The van der Waals surface area contributed by atoms with Crippen molar-refractivity contribution in [2.75, 3.05) is 10.7 Å². The fourth-order valence-electron chi connectivity index (χ4n) is 3.93. The Morgan fingerprint density at radius 2 is 1.97 bits per heavy atom. The first-order chi connectivity index (χ1) is 16.2. The van der Waals surface area contributed by atoms with E-state index in [1.54, 1.807) is 12.1 Å². The van der Waals surface area contributed by atoms with Crippen LogP contribution in [-0.4, -0.2) is 33.5 Å². The van der Waals surface area contributed by atoms with Gasteiger partial charge in [-0.15, -0.1) is 0 Å². The number of anilines is 2. The molecule has 1 aliphatic carbocycles. The third-order valence-corrected chi connectivity index (χ3v) is 5.76. The largest absolute Gasteiger partial charge is 0.505 e.